The number of nitrogen functional groups attached to an aromatic ring is 1. The van der Waals surface area contributed by atoms with Crippen molar-refractivity contribution in [3.8, 4) is 11.1 Å². The summed E-state index contributed by atoms with van der Waals surface area (Å²) >= 11 is 3.03. The number of carbonyl (C=O) groups excluding carboxylic acids is 2. The van der Waals surface area contributed by atoms with Gasteiger partial charge in [0.2, 0.25) is 5.91 Å². The Labute approximate surface area is 143 Å². The Morgan fingerprint density at radius 2 is 1.62 bits per heavy atom. The van der Waals surface area contributed by atoms with Gasteiger partial charge in [-0.1, -0.05) is 40.2 Å². The minimum Gasteiger partial charge on any atom is -0.398 e. The number of carbonyl (C=O) groups is 2. The molecule has 0 unspecified atom stereocenters. The van der Waals surface area contributed by atoms with Crippen LogP contribution in [0.5, 0.6) is 0 Å². The van der Waals surface area contributed by atoms with Crippen molar-refractivity contribution < 1.29 is 22.8 Å². The molecule has 4 nitrogen and oxygen atoms in total. The molecule has 0 aromatic heterocycles. The SMILES string of the molecule is NC(=O)c1ccc(C(F)(F)F)c(N)c1-c1ccc(C(=O)CBr)cc1. The zero-order valence-electron chi connectivity index (χ0n) is 12.2. The Morgan fingerprint density at radius 1 is 1.04 bits per heavy atom. The molecule has 2 rings (SSSR count). The third kappa shape index (κ3) is 3.43. The molecule has 0 spiro atoms. The van der Waals surface area contributed by atoms with Gasteiger partial charge in [0.25, 0.3) is 0 Å². The maximum Gasteiger partial charge on any atom is 0.418 e. The molecule has 0 aliphatic heterocycles. The summed E-state index contributed by atoms with van der Waals surface area (Å²) in [4.78, 5) is 23.1. The highest BCUT2D eigenvalue weighted by Gasteiger charge is 2.35. The molecule has 0 aliphatic rings. The van der Waals surface area contributed by atoms with Gasteiger partial charge in [-0.15, -0.1) is 0 Å². The van der Waals surface area contributed by atoms with Crippen LogP contribution < -0.4 is 11.5 Å². The number of hydrogen-bond acceptors (Lipinski definition) is 3. The standard InChI is InChI=1S/C16H12BrF3N2O2/c17-7-12(23)8-1-3-9(4-2-8)13-10(15(22)24)5-6-11(14(13)21)16(18,19)20/h1-6H,7,21H2,(H2,22,24). The number of ketones is 1. The lowest BCUT2D eigenvalue weighted by molar-refractivity contribution is -0.136. The first-order chi connectivity index (χ1) is 11.2. The Bertz CT molecular complexity index is 802. The van der Waals surface area contributed by atoms with Crippen molar-refractivity contribution in [1.82, 2.24) is 0 Å². The molecule has 0 saturated carbocycles. The molecule has 8 heteroatoms. The van der Waals surface area contributed by atoms with Gasteiger partial charge in [-0.05, 0) is 17.7 Å². The molecule has 126 valence electrons. The average molecular weight is 401 g/mol. The van der Waals surface area contributed by atoms with E-state index in [0.717, 1.165) is 12.1 Å². The van der Waals surface area contributed by atoms with Gasteiger partial charge in [0.1, 0.15) is 0 Å². The second-order valence-corrected chi connectivity index (χ2v) is 5.51. The zero-order chi connectivity index (χ0) is 18.1. The van der Waals surface area contributed by atoms with E-state index in [1.165, 1.54) is 24.3 Å². The van der Waals surface area contributed by atoms with Crippen molar-refractivity contribution in [2.75, 3.05) is 11.1 Å². The Hall–Kier alpha value is -2.35. The number of primary amides is 1. The normalized spacial score (nSPS) is 11.3. The summed E-state index contributed by atoms with van der Waals surface area (Å²) in [5, 5.41) is 0.116. The summed E-state index contributed by atoms with van der Waals surface area (Å²) in [5.74, 6) is -1.08. The monoisotopic (exact) mass is 400 g/mol. The van der Waals surface area contributed by atoms with Crippen LogP contribution >= 0.6 is 15.9 Å². The van der Waals surface area contributed by atoms with Crippen molar-refractivity contribution in [3.63, 3.8) is 0 Å². The molecule has 2 aromatic rings. The number of benzene rings is 2. The molecule has 4 N–H and O–H groups in total. The van der Waals surface area contributed by atoms with Crippen LogP contribution in [0.1, 0.15) is 26.3 Å². The van der Waals surface area contributed by atoms with Crippen LogP contribution in [0.4, 0.5) is 18.9 Å². The number of anilines is 1. The minimum atomic E-state index is -4.67. The number of rotatable bonds is 4. The van der Waals surface area contributed by atoms with Crippen LogP contribution in [0.2, 0.25) is 0 Å². The highest BCUT2D eigenvalue weighted by molar-refractivity contribution is 9.09. The Kier molecular flexibility index (Phi) is 4.98. The van der Waals surface area contributed by atoms with Gasteiger partial charge in [0, 0.05) is 16.7 Å². The van der Waals surface area contributed by atoms with Crippen LogP contribution in [0, 0.1) is 0 Å². The molecule has 0 atom stereocenters. The van der Waals surface area contributed by atoms with Crippen LogP contribution in [0.25, 0.3) is 11.1 Å². The van der Waals surface area contributed by atoms with E-state index in [0.29, 0.717) is 5.56 Å². The summed E-state index contributed by atoms with van der Waals surface area (Å²) in [6.45, 7) is 0. The average Bonchev–Trinajstić information content (AvgIpc) is 2.52. The van der Waals surface area contributed by atoms with Crippen molar-refractivity contribution in [3.05, 3.63) is 53.1 Å². The lowest BCUT2D eigenvalue weighted by atomic mass is 9.93. The van der Waals surface area contributed by atoms with Gasteiger partial charge in [-0.2, -0.15) is 13.2 Å². The third-order valence-corrected chi connectivity index (χ3v) is 3.94. The quantitative estimate of drug-likeness (QED) is 0.466. The van der Waals surface area contributed by atoms with E-state index < -0.39 is 23.3 Å². The zero-order valence-corrected chi connectivity index (χ0v) is 13.7. The molecule has 0 fully saturated rings. The Morgan fingerprint density at radius 3 is 2.08 bits per heavy atom. The summed E-state index contributed by atoms with van der Waals surface area (Å²) in [6, 6.07) is 7.46. The predicted molar refractivity (Wildman–Crippen MR) is 87.9 cm³/mol. The first-order valence-electron chi connectivity index (χ1n) is 6.66. The maximum absolute atomic E-state index is 13.0. The maximum atomic E-state index is 13.0. The molecule has 0 aliphatic carbocycles. The van der Waals surface area contributed by atoms with Crippen molar-refractivity contribution in [2.45, 2.75) is 6.18 Å². The lowest BCUT2D eigenvalue weighted by Crippen LogP contribution is -2.17. The third-order valence-electron chi connectivity index (χ3n) is 3.43. The largest absolute Gasteiger partial charge is 0.418 e. The number of amides is 1. The molecule has 0 saturated heterocycles. The van der Waals surface area contributed by atoms with Crippen molar-refractivity contribution in [2.24, 2.45) is 5.73 Å². The minimum absolute atomic E-state index is 0.102. The van der Waals surface area contributed by atoms with E-state index in [1.54, 1.807) is 0 Å². The van der Waals surface area contributed by atoms with E-state index in [-0.39, 0.29) is 27.8 Å². The summed E-state index contributed by atoms with van der Waals surface area (Å²) in [6.07, 6.45) is -4.67. The van der Waals surface area contributed by atoms with Gasteiger partial charge in [-0.25, -0.2) is 0 Å². The number of alkyl halides is 4. The molecule has 0 heterocycles. The highest BCUT2D eigenvalue weighted by Crippen LogP contribution is 2.40. The molecule has 1 amide bonds. The van der Waals surface area contributed by atoms with Crippen LogP contribution in [-0.4, -0.2) is 17.0 Å². The van der Waals surface area contributed by atoms with E-state index in [1.807, 2.05) is 0 Å². The first kappa shape index (κ1) is 18.0. The topological polar surface area (TPSA) is 86.2 Å². The molecule has 2 aromatic carbocycles. The summed E-state index contributed by atoms with van der Waals surface area (Å²) in [7, 11) is 0. The smallest absolute Gasteiger partial charge is 0.398 e. The van der Waals surface area contributed by atoms with Crippen LogP contribution in [0.3, 0.4) is 0 Å². The highest BCUT2D eigenvalue weighted by atomic mass is 79.9. The summed E-state index contributed by atoms with van der Waals surface area (Å²) < 4.78 is 39.1. The van der Waals surface area contributed by atoms with E-state index >= 15 is 0 Å². The van der Waals surface area contributed by atoms with Gasteiger partial charge in [0.15, 0.2) is 5.78 Å². The molecule has 0 radical (unpaired) electrons. The number of nitrogens with two attached hydrogens (primary N) is 2. The van der Waals surface area contributed by atoms with Gasteiger partial charge in [0.05, 0.1) is 16.6 Å². The number of halogens is 4. The molecular formula is C16H12BrF3N2O2. The van der Waals surface area contributed by atoms with E-state index in [4.69, 9.17) is 11.5 Å². The van der Waals surface area contributed by atoms with Crippen LogP contribution in [-0.2, 0) is 6.18 Å². The first-order valence-corrected chi connectivity index (χ1v) is 7.78. The second kappa shape index (κ2) is 6.64. The van der Waals surface area contributed by atoms with Gasteiger partial charge >= 0.3 is 6.18 Å². The number of hydrogen-bond donors (Lipinski definition) is 2. The van der Waals surface area contributed by atoms with E-state index in [2.05, 4.69) is 15.9 Å². The van der Waals surface area contributed by atoms with Crippen molar-refractivity contribution >= 4 is 33.3 Å². The summed E-state index contributed by atoms with van der Waals surface area (Å²) in [5.41, 5.74) is 9.68. The van der Waals surface area contributed by atoms with Gasteiger partial charge in [-0.3, -0.25) is 9.59 Å². The number of Topliss-reactive ketones (excluding diaryl/α,β-unsaturated/α-hetero) is 1. The van der Waals surface area contributed by atoms with Gasteiger partial charge < -0.3 is 11.5 Å². The fraction of sp³-hybridized carbons (Fsp3) is 0.125. The van der Waals surface area contributed by atoms with Crippen molar-refractivity contribution in [1.29, 1.82) is 0 Å². The van der Waals surface area contributed by atoms with Crippen LogP contribution in [0.15, 0.2) is 36.4 Å². The fourth-order valence-electron chi connectivity index (χ4n) is 2.28. The predicted octanol–water partition coefficient (Wildman–Crippen LogP) is 3.63. The van der Waals surface area contributed by atoms with E-state index in [9.17, 15) is 22.8 Å². The lowest BCUT2D eigenvalue weighted by Gasteiger charge is -2.16. The molecular weight excluding hydrogens is 389 g/mol. The molecule has 0 bridgehead atoms. The fourth-order valence-corrected chi connectivity index (χ4v) is 2.61. The second-order valence-electron chi connectivity index (χ2n) is 4.95. The molecule has 24 heavy (non-hydrogen) atoms. The Balaban J connectivity index is 2.67.